The van der Waals surface area contributed by atoms with Gasteiger partial charge in [-0.25, -0.2) is 9.97 Å². The van der Waals surface area contributed by atoms with Crippen LogP contribution in [-0.2, 0) is 5.41 Å². The molecule has 0 saturated carbocycles. The summed E-state index contributed by atoms with van der Waals surface area (Å²) in [5.41, 5.74) is 13.1. The summed E-state index contributed by atoms with van der Waals surface area (Å²) < 4.78 is 8.96. The largest absolute Gasteiger partial charge is 0.457 e. The van der Waals surface area contributed by atoms with Crippen molar-refractivity contribution in [3.8, 4) is 56.4 Å². The van der Waals surface area contributed by atoms with Crippen LogP contribution >= 0.6 is 11.3 Å². The fraction of sp³-hybridized carbons (Fsp3) is 0.0196. The van der Waals surface area contributed by atoms with Crippen molar-refractivity contribution < 1.29 is 4.74 Å². The van der Waals surface area contributed by atoms with Crippen LogP contribution in [0.5, 0.6) is 11.5 Å². The fourth-order valence-electron chi connectivity index (χ4n) is 9.17. The van der Waals surface area contributed by atoms with Crippen molar-refractivity contribution in [2.24, 2.45) is 0 Å². The molecule has 0 bridgehead atoms. The molecule has 1 aliphatic carbocycles. The Labute approximate surface area is 321 Å². The Balaban J connectivity index is 1.15. The Bertz CT molecular complexity index is 3140. The minimum Gasteiger partial charge on any atom is -0.457 e. The maximum Gasteiger partial charge on any atom is 0.160 e. The average Bonchev–Trinajstić information content (AvgIpc) is 3.78. The van der Waals surface area contributed by atoms with Gasteiger partial charge < -0.3 is 4.74 Å². The molecule has 0 N–H and O–H groups in total. The van der Waals surface area contributed by atoms with Gasteiger partial charge in [-0.2, -0.15) is 0 Å². The van der Waals surface area contributed by atoms with E-state index in [4.69, 9.17) is 14.7 Å². The summed E-state index contributed by atoms with van der Waals surface area (Å²) in [6, 6.07) is 65.3. The van der Waals surface area contributed by atoms with E-state index in [-0.39, 0.29) is 0 Å². The molecule has 1 spiro atoms. The molecule has 55 heavy (non-hydrogen) atoms. The van der Waals surface area contributed by atoms with Crippen molar-refractivity contribution in [3.05, 3.63) is 204 Å². The van der Waals surface area contributed by atoms with Gasteiger partial charge in [0.25, 0.3) is 0 Å². The van der Waals surface area contributed by atoms with Crippen LogP contribution in [0, 0.1) is 0 Å². The van der Waals surface area contributed by atoms with E-state index in [1.54, 1.807) is 11.3 Å². The minimum absolute atomic E-state index is 0.599. The molecule has 0 unspecified atom stereocenters. The second-order valence-corrected chi connectivity index (χ2v) is 15.5. The zero-order chi connectivity index (χ0) is 36.1. The molecule has 8 aromatic carbocycles. The van der Waals surface area contributed by atoms with Crippen LogP contribution in [0.3, 0.4) is 0 Å². The number of hydrogen-bond donors (Lipinski definition) is 0. The number of benzene rings is 8. The molecule has 0 fully saturated rings. The molecule has 2 aliphatic rings. The normalized spacial score (nSPS) is 13.4. The number of rotatable bonds is 3. The van der Waals surface area contributed by atoms with Gasteiger partial charge in [0, 0.05) is 32.3 Å². The van der Waals surface area contributed by atoms with E-state index in [0.717, 1.165) is 60.9 Å². The van der Waals surface area contributed by atoms with Gasteiger partial charge in [-0.1, -0.05) is 158 Å². The van der Waals surface area contributed by atoms with Gasteiger partial charge in [0.1, 0.15) is 11.5 Å². The highest BCUT2D eigenvalue weighted by Gasteiger charge is 2.51. The van der Waals surface area contributed by atoms with E-state index < -0.39 is 5.41 Å². The number of thiophene rings is 1. The van der Waals surface area contributed by atoms with E-state index in [1.165, 1.54) is 48.9 Å². The first-order valence-electron chi connectivity index (χ1n) is 18.7. The first-order valence-corrected chi connectivity index (χ1v) is 19.5. The molecule has 12 rings (SSSR count). The monoisotopic (exact) mass is 718 g/mol. The maximum absolute atomic E-state index is 6.67. The minimum atomic E-state index is -0.599. The lowest BCUT2D eigenvalue weighted by atomic mass is 9.66. The van der Waals surface area contributed by atoms with Crippen molar-refractivity contribution in [1.82, 2.24) is 9.97 Å². The number of nitrogens with zero attached hydrogens (tertiary/aromatic N) is 2. The second-order valence-electron chi connectivity index (χ2n) is 14.4. The molecule has 0 atom stereocenters. The van der Waals surface area contributed by atoms with E-state index in [0.29, 0.717) is 0 Å². The lowest BCUT2D eigenvalue weighted by Crippen LogP contribution is -2.32. The van der Waals surface area contributed by atoms with Crippen LogP contribution < -0.4 is 4.74 Å². The predicted molar refractivity (Wildman–Crippen MR) is 226 cm³/mol. The third-order valence-electron chi connectivity index (χ3n) is 11.6. The SMILES string of the molecule is c1ccc(-c2ccc(-c3nc(-c4ccc5c(c4)C4(c6ccccc6Oc6ccccc64)c4ccc6ccccc6c4-5)c4sc5ccccc5c4n3)cc2)cc1. The number of hydrogen-bond acceptors (Lipinski definition) is 4. The van der Waals surface area contributed by atoms with Crippen LogP contribution in [-0.4, -0.2) is 9.97 Å². The van der Waals surface area contributed by atoms with Gasteiger partial charge in [-0.3, -0.25) is 0 Å². The smallest absolute Gasteiger partial charge is 0.160 e. The van der Waals surface area contributed by atoms with Crippen LogP contribution in [0.25, 0.3) is 76.0 Å². The van der Waals surface area contributed by atoms with E-state index >= 15 is 0 Å². The Morgan fingerprint density at radius 1 is 0.455 bits per heavy atom. The van der Waals surface area contributed by atoms with Gasteiger partial charge in [0.15, 0.2) is 5.82 Å². The van der Waals surface area contributed by atoms with Crippen molar-refractivity contribution in [1.29, 1.82) is 0 Å². The Kier molecular flexibility index (Phi) is 6.42. The molecule has 0 saturated heterocycles. The second kappa shape index (κ2) is 11.6. The molecule has 1 aliphatic heterocycles. The molecule has 4 heteroatoms. The summed E-state index contributed by atoms with van der Waals surface area (Å²) in [6.07, 6.45) is 0. The Morgan fingerprint density at radius 2 is 1.09 bits per heavy atom. The van der Waals surface area contributed by atoms with Crippen molar-refractivity contribution in [2.45, 2.75) is 5.41 Å². The molecular weight excluding hydrogens is 689 g/mol. The number of ether oxygens (including phenoxy) is 1. The van der Waals surface area contributed by atoms with Crippen LogP contribution in [0.4, 0.5) is 0 Å². The highest BCUT2D eigenvalue weighted by molar-refractivity contribution is 7.26. The zero-order valence-electron chi connectivity index (χ0n) is 29.5. The summed E-state index contributed by atoms with van der Waals surface area (Å²) >= 11 is 1.77. The van der Waals surface area contributed by atoms with Crippen LogP contribution in [0.15, 0.2) is 182 Å². The van der Waals surface area contributed by atoms with E-state index in [9.17, 15) is 0 Å². The van der Waals surface area contributed by atoms with Crippen molar-refractivity contribution >= 4 is 42.4 Å². The lowest BCUT2D eigenvalue weighted by Gasteiger charge is -2.39. The highest BCUT2D eigenvalue weighted by Crippen LogP contribution is 2.63. The molecular formula is C51H30N2OS. The average molecular weight is 719 g/mol. The quantitative estimate of drug-likeness (QED) is 0.182. The summed E-state index contributed by atoms with van der Waals surface area (Å²) in [6.45, 7) is 0. The van der Waals surface area contributed by atoms with Crippen molar-refractivity contribution in [2.75, 3.05) is 0 Å². The number of para-hydroxylation sites is 2. The number of aromatic nitrogens is 2. The standard InChI is InChI=1S/C51H30N2OS/c1-2-12-31(13-3-1)32-22-24-34(25-23-32)50-52-47(49-48(53-50)38-16-6-11-21-45(38)55-49)35-26-28-37-42(30-35)51(41-29-27-33-14-4-5-15-36(33)46(37)41)39-17-7-9-19-43(39)54-44-20-10-8-18-40(44)51/h1-30H. The lowest BCUT2D eigenvalue weighted by molar-refractivity contribution is 0.436. The van der Waals surface area contributed by atoms with Gasteiger partial charge in [-0.15, -0.1) is 11.3 Å². The van der Waals surface area contributed by atoms with Crippen molar-refractivity contribution in [3.63, 3.8) is 0 Å². The first-order chi connectivity index (χ1) is 27.3. The molecule has 3 heterocycles. The molecule has 2 aromatic heterocycles. The van der Waals surface area contributed by atoms with Gasteiger partial charge in [0.2, 0.25) is 0 Å². The molecule has 256 valence electrons. The summed E-state index contributed by atoms with van der Waals surface area (Å²) in [5.74, 6) is 2.49. The van der Waals surface area contributed by atoms with Crippen LogP contribution in [0.1, 0.15) is 22.3 Å². The molecule has 0 amide bonds. The van der Waals surface area contributed by atoms with Gasteiger partial charge in [-0.05, 0) is 68.4 Å². The molecule has 0 radical (unpaired) electrons. The first kappa shape index (κ1) is 30.6. The number of fused-ring (bicyclic) bond motifs is 14. The predicted octanol–water partition coefficient (Wildman–Crippen LogP) is 13.5. The third kappa shape index (κ3) is 4.31. The van der Waals surface area contributed by atoms with Crippen LogP contribution in [0.2, 0.25) is 0 Å². The summed E-state index contributed by atoms with van der Waals surface area (Å²) in [4.78, 5) is 10.7. The Hall–Kier alpha value is -6.88. The Morgan fingerprint density at radius 3 is 1.89 bits per heavy atom. The topological polar surface area (TPSA) is 35.0 Å². The fourth-order valence-corrected chi connectivity index (χ4v) is 10.3. The summed E-state index contributed by atoms with van der Waals surface area (Å²) in [5, 5.41) is 3.63. The zero-order valence-corrected chi connectivity index (χ0v) is 30.3. The summed E-state index contributed by atoms with van der Waals surface area (Å²) in [7, 11) is 0. The molecule has 3 nitrogen and oxygen atoms in total. The van der Waals surface area contributed by atoms with E-state index in [1.807, 2.05) is 0 Å². The maximum atomic E-state index is 6.67. The third-order valence-corrected chi connectivity index (χ3v) is 12.7. The van der Waals surface area contributed by atoms with Gasteiger partial charge in [0.05, 0.1) is 21.3 Å². The van der Waals surface area contributed by atoms with E-state index in [2.05, 4.69) is 182 Å². The van der Waals surface area contributed by atoms with Gasteiger partial charge >= 0.3 is 0 Å². The highest BCUT2D eigenvalue weighted by atomic mass is 32.1. The molecule has 10 aromatic rings.